The molecule has 0 aliphatic heterocycles. The van der Waals surface area contributed by atoms with Gasteiger partial charge in [0.15, 0.2) is 0 Å². The fraction of sp³-hybridized carbons (Fsp3) is 0.300. The first kappa shape index (κ1) is 20.1. The molecule has 2 aromatic heterocycles. The molecule has 9 heteroatoms. The zero-order chi connectivity index (χ0) is 20.3. The van der Waals surface area contributed by atoms with Crippen molar-refractivity contribution in [2.45, 2.75) is 32.4 Å². The van der Waals surface area contributed by atoms with E-state index in [-0.39, 0.29) is 18.2 Å². The Bertz CT molecular complexity index is 913. The van der Waals surface area contributed by atoms with Crippen LogP contribution in [0, 0.1) is 0 Å². The second-order valence-corrected chi connectivity index (χ2v) is 6.41. The van der Waals surface area contributed by atoms with Gasteiger partial charge in [0.1, 0.15) is 0 Å². The third-order valence-corrected chi connectivity index (χ3v) is 4.16. The number of nitrogens with one attached hydrogen (secondary N) is 2. The maximum atomic E-state index is 11.9. The average Bonchev–Trinajstić information content (AvgIpc) is 3.23. The Morgan fingerprint density at radius 2 is 1.69 bits per heavy atom. The van der Waals surface area contributed by atoms with Crippen molar-refractivity contribution in [1.29, 1.82) is 0 Å². The standard InChI is InChI=1S/C20H23N7O2/c28-18(22-13-10-19(29)23-15-16-8-11-21-12-9-16)7-4-14-27-25-20(24-26-27)17-5-2-1-3-6-17/h1-3,5-6,8-9,11-12H,4,7,10,13-15H2,(H,22,28)(H,23,29). The predicted molar refractivity (Wildman–Crippen MR) is 106 cm³/mol. The Morgan fingerprint density at radius 3 is 2.48 bits per heavy atom. The van der Waals surface area contributed by atoms with Gasteiger partial charge >= 0.3 is 0 Å². The Labute approximate surface area is 168 Å². The van der Waals surface area contributed by atoms with Crippen LogP contribution in [0.2, 0.25) is 0 Å². The molecule has 0 spiro atoms. The fourth-order valence-corrected chi connectivity index (χ4v) is 2.62. The minimum atomic E-state index is -0.109. The van der Waals surface area contributed by atoms with Crippen LogP contribution in [0.5, 0.6) is 0 Å². The number of pyridine rings is 1. The molecule has 0 aliphatic rings. The topological polar surface area (TPSA) is 115 Å². The number of carbonyl (C=O) groups excluding carboxylic acids is 2. The van der Waals surface area contributed by atoms with Gasteiger partial charge in [-0.25, -0.2) is 0 Å². The van der Waals surface area contributed by atoms with Crippen molar-refractivity contribution in [2.24, 2.45) is 0 Å². The minimum absolute atomic E-state index is 0.102. The van der Waals surface area contributed by atoms with Crippen LogP contribution in [-0.2, 0) is 22.7 Å². The van der Waals surface area contributed by atoms with Crippen LogP contribution in [0.1, 0.15) is 24.8 Å². The number of carbonyl (C=O) groups is 2. The number of tetrazole rings is 1. The summed E-state index contributed by atoms with van der Waals surface area (Å²) in [6.45, 7) is 1.26. The van der Waals surface area contributed by atoms with Crippen LogP contribution >= 0.6 is 0 Å². The Hall–Kier alpha value is -3.62. The van der Waals surface area contributed by atoms with E-state index in [9.17, 15) is 9.59 Å². The maximum absolute atomic E-state index is 11.9. The number of benzene rings is 1. The van der Waals surface area contributed by atoms with E-state index in [1.54, 1.807) is 12.4 Å². The molecule has 0 aliphatic carbocycles. The lowest BCUT2D eigenvalue weighted by Gasteiger charge is -2.07. The van der Waals surface area contributed by atoms with E-state index in [1.807, 2.05) is 42.5 Å². The molecule has 3 aromatic rings. The van der Waals surface area contributed by atoms with Crippen LogP contribution in [0.3, 0.4) is 0 Å². The lowest BCUT2D eigenvalue weighted by Crippen LogP contribution is -2.30. The molecule has 0 unspecified atom stereocenters. The molecule has 2 heterocycles. The number of rotatable bonds is 10. The van der Waals surface area contributed by atoms with E-state index < -0.39 is 0 Å². The van der Waals surface area contributed by atoms with Crippen molar-refractivity contribution in [3.05, 3.63) is 60.4 Å². The number of aryl methyl sites for hydroxylation is 1. The molecule has 9 nitrogen and oxygen atoms in total. The van der Waals surface area contributed by atoms with Crippen LogP contribution in [0.4, 0.5) is 0 Å². The van der Waals surface area contributed by atoms with Gasteiger partial charge in [0.2, 0.25) is 17.6 Å². The van der Waals surface area contributed by atoms with Crippen LogP contribution in [-0.4, -0.2) is 43.6 Å². The van der Waals surface area contributed by atoms with Crippen LogP contribution in [0.25, 0.3) is 11.4 Å². The average molecular weight is 393 g/mol. The van der Waals surface area contributed by atoms with Crippen molar-refractivity contribution < 1.29 is 9.59 Å². The van der Waals surface area contributed by atoms with Gasteiger partial charge in [-0.2, -0.15) is 4.80 Å². The normalized spacial score (nSPS) is 10.5. The van der Waals surface area contributed by atoms with Gasteiger partial charge in [-0.3, -0.25) is 14.6 Å². The SMILES string of the molecule is O=C(CCCn1nnc(-c2ccccc2)n1)NCCC(=O)NCc1ccncc1. The van der Waals surface area contributed by atoms with E-state index in [2.05, 4.69) is 31.0 Å². The molecule has 29 heavy (non-hydrogen) atoms. The zero-order valence-corrected chi connectivity index (χ0v) is 16.0. The number of amides is 2. The summed E-state index contributed by atoms with van der Waals surface area (Å²) in [6.07, 6.45) is 4.52. The van der Waals surface area contributed by atoms with Crippen molar-refractivity contribution in [3.8, 4) is 11.4 Å². The van der Waals surface area contributed by atoms with Gasteiger partial charge in [0.05, 0.1) is 6.54 Å². The highest BCUT2D eigenvalue weighted by atomic mass is 16.2. The molecular weight excluding hydrogens is 370 g/mol. The van der Waals surface area contributed by atoms with E-state index in [0.29, 0.717) is 38.3 Å². The molecule has 2 N–H and O–H groups in total. The summed E-state index contributed by atoms with van der Waals surface area (Å²) >= 11 is 0. The summed E-state index contributed by atoms with van der Waals surface area (Å²) in [4.78, 5) is 29.1. The number of aromatic nitrogens is 5. The lowest BCUT2D eigenvalue weighted by atomic mass is 10.2. The largest absolute Gasteiger partial charge is 0.356 e. The highest BCUT2D eigenvalue weighted by Gasteiger charge is 2.07. The van der Waals surface area contributed by atoms with E-state index >= 15 is 0 Å². The molecule has 150 valence electrons. The summed E-state index contributed by atoms with van der Waals surface area (Å²) < 4.78 is 0. The van der Waals surface area contributed by atoms with Gasteiger partial charge in [0.25, 0.3) is 0 Å². The number of hydrogen-bond donors (Lipinski definition) is 2. The van der Waals surface area contributed by atoms with Gasteiger partial charge in [0, 0.05) is 43.9 Å². The van der Waals surface area contributed by atoms with Crippen molar-refractivity contribution >= 4 is 11.8 Å². The third-order valence-electron chi connectivity index (χ3n) is 4.16. The summed E-state index contributed by atoms with van der Waals surface area (Å²) in [6, 6.07) is 13.3. The molecule has 0 atom stereocenters. The molecule has 2 amide bonds. The van der Waals surface area contributed by atoms with Gasteiger partial charge in [-0.1, -0.05) is 30.3 Å². The molecule has 0 saturated heterocycles. The van der Waals surface area contributed by atoms with Gasteiger partial charge in [-0.05, 0) is 29.3 Å². The maximum Gasteiger partial charge on any atom is 0.222 e. The minimum Gasteiger partial charge on any atom is -0.356 e. The Morgan fingerprint density at radius 1 is 0.931 bits per heavy atom. The summed E-state index contributed by atoms with van der Waals surface area (Å²) in [5, 5.41) is 17.9. The molecular formula is C20H23N7O2. The monoisotopic (exact) mass is 393 g/mol. The van der Waals surface area contributed by atoms with E-state index in [4.69, 9.17) is 0 Å². The van der Waals surface area contributed by atoms with Gasteiger partial charge < -0.3 is 10.6 Å². The molecule has 0 radical (unpaired) electrons. The smallest absolute Gasteiger partial charge is 0.222 e. The Balaban J connectivity index is 1.28. The van der Waals surface area contributed by atoms with Crippen molar-refractivity contribution in [1.82, 2.24) is 35.8 Å². The summed E-state index contributed by atoms with van der Waals surface area (Å²) in [5.41, 5.74) is 1.88. The molecule has 1 aromatic carbocycles. The lowest BCUT2D eigenvalue weighted by molar-refractivity contribution is -0.122. The first-order valence-electron chi connectivity index (χ1n) is 9.46. The third kappa shape index (κ3) is 6.80. The second kappa shape index (κ2) is 10.6. The molecule has 0 fully saturated rings. The predicted octanol–water partition coefficient (Wildman–Crippen LogP) is 1.34. The van der Waals surface area contributed by atoms with E-state index in [0.717, 1.165) is 11.1 Å². The van der Waals surface area contributed by atoms with E-state index in [1.165, 1.54) is 4.80 Å². The number of hydrogen-bond acceptors (Lipinski definition) is 6. The molecule has 3 rings (SSSR count). The van der Waals surface area contributed by atoms with Crippen molar-refractivity contribution in [2.75, 3.05) is 6.54 Å². The van der Waals surface area contributed by atoms with Crippen LogP contribution in [0.15, 0.2) is 54.9 Å². The zero-order valence-electron chi connectivity index (χ0n) is 16.0. The number of nitrogens with zero attached hydrogens (tertiary/aromatic N) is 5. The van der Waals surface area contributed by atoms with Crippen LogP contribution < -0.4 is 10.6 Å². The highest BCUT2D eigenvalue weighted by molar-refractivity contribution is 5.78. The molecule has 0 saturated carbocycles. The first-order valence-corrected chi connectivity index (χ1v) is 9.46. The van der Waals surface area contributed by atoms with Crippen molar-refractivity contribution in [3.63, 3.8) is 0 Å². The summed E-state index contributed by atoms with van der Waals surface area (Å²) in [5.74, 6) is 0.352. The fourth-order valence-electron chi connectivity index (χ4n) is 2.62. The molecule has 0 bridgehead atoms. The quantitative estimate of drug-likeness (QED) is 0.537. The highest BCUT2D eigenvalue weighted by Crippen LogP contribution is 2.11. The summed E-state index contributed by atoms with van der Waals surface area (Å²) in [7, 11) is 0. The first-order chi connectivity index (χ1) is 14.2. The second-order valence-electron chi connectivity index (χ2n) is 6.41. The Kier molecular flexibility index (Phi) is 7.39. The van der Waals surface area contributed by atoms with Gasteiger partial charge in [-0.15, -0.1) is 10.2 Å².